The number of ether oxygens (including phenoxy) is 1. The van der Waals surface area contributed by atoms with Gasteiger partial charge in [-0.2, -0.15) is 5.10 Å². The van der Waals surface area contributed by atoms with E-state index in [9.17, 15) is 9.36 Å². The van der Waals surface area contributed by atoms with Crippen LogP contribution in [-0.4, -0.2) is 29.0 Å². The molecule has 0 spiro atoms. The molecule has 0 radical (unpaired) electrons. The summed E-state index contributed by atoms with van der Waals surface area (Å²) in [5.41, 5.74) is -1.38. The van der Waals surface area contributed by atoms with Crippen LogP contribution in [0.4, 0.5) is 0 Å². The van der Waals surface area contributed by atoms with E-state index in [-0.39, 0.29) is 11.5 Å². The van der Waals surface area contributed by atoms with Crippen LogP contribution in [0.15, 0.2) is 11.0 Å². The molecule has 1 unspecified atom stereocenters. The third kappa shape index (κ3) is 5.49. The Morgan fingerprint density at radius 3 is 2.43 bits per heavy atom. The summed E-state index contributed by atoms with van der Waals surface area (Å²) in [7, 11) is -2.66. The van der Waals surface area contributed by atoms with Crippen LogP contribution in [0.2, 0.25) is 0 Å². The number of aromatic nitrogens is 2. The van der Waals surface area contributed by atoms with Gasteiger partial charge in [0.05, 0.1) is 25.0 Å². The van der Waals surface area contributed by atoms with Gasteiger partial charge in [0, 0.05) is 0 Å². The lowest BCUT2D eigenvalue weighted by Gasteiger charge is -2.27. The fourth-order valence-electron chi connectivity index (χ4n) is 1.40. The predicted octanol–water partition coefficient (Wildman–Crippen LogP) is 2.51. The summed E-state index contributed by atoms with van der Waals surface area (Å²) < 4.78 is 33.6. The minimum Gasteiger partial charge on any atom is -0.488 e. The van der Waals surface area contributed by atoms with E-state index in [4.69, 9.17) is 18.3 Å². The molecule has 1 N–H and O–H groups in total. The van der Waals surface area contributed by atoms with E-state index in [1.165, 1.54) is 13.3 Å². The van der Waals surface area contributed by atoms with E-state index in [2.05, 4.69) is 10.2 Å². The fraction of sp³-hybridized carbons (Fsp3) is 0.667. The van der Waals surface area contributed by atoms with Crippen LogP contribution in [0.1, 0.15) is 34.6 Å². The fourth-order valence-corrected chi connectivity index (χ4v) is 3.09. The number of phosphoric ester groups is 1. The smallest absolute Gasteiger partial charge is 0.488 e. The van der Waals surface area contributed by atoms with E-state index in [0.717, 1.165) is 0 Å². The molecule has 1 aromatic heterocycles. The summed E-state index contributed by atoms with van der Waals surface area (Å²) in [5.74, 6) is -0.274. The Labute approximate surface area is 123 Å². The van der Waals surface area contributed by atoms with Crippen LogP contribution in [0, 0.1) is 0 Å². The molecule has 1 aromatic rings. The van der Waals surface area contributed by atoms with Crippen molar-refractivity contribution in [3.8, 4) is 11.5 Å². The highest BCUT2D eigenvalue weighted by atomic mass is 31.2. The molecule has 9 heteroatoms. The van der Waals surface area contributed by atoms with Gasteiger partial charge in [0.1, 0.15) is 0 Å². The van der Waals surface area contributed by atoms with Crippen molar-refractivity contribution >= 4 is 7.82 Å². The van der Waals surface area contributed by atoms with Gasteiger partial charge in [-0.25, -0.2) is 9.66 Å². The molecular formula is C12H21N2O6P. The van der Waals surface area contributed by atoms with E-state index in [0.29, 0.717) is 0 Å². The standard InChI is InChI=1S/C12H21N2O6P/c1-8(2)18-21(16,20-12(3,4)5)19-9-7-13-14-11(15)10(9)17-6/h7-8H,1-6H3,(H,14,15). The maximum atomic E-state index is 12.7. The van der Waals surface area contributed by atoms with Crippen LogP contribution in [0.3, 0.4) is 0 Å². The van der Waals surface area contributed by atoms with Gasteiger partial charge in [-0.05, 0) is 34.6 Å². The van der Waals surface area contributed by atoms with Crippen molar-refractivity contribution in [3.63, 3.8) is 0 Å². The van der Waals surface area contributed by atoms with E-state index >= 15 is 0 Å². The quantitative estimate of drug-likeness (QED) is 0.804. The van der Waals surface area contributed by atoms with Crippen molar-refractivity contribution in [1.29, 1.82) is 0 Å². The third-order valence-corrected chi connectivity index (χ3v) is 3.79. The van der Waals surface area contributed by atoms with E-state index < -0.39 is 25.1 Å². The van der Waals surface area contributed by atoms with Gasteiger partial charge < -0.3 is 9.26 Å². The third-order valence-electron chi connectivity index (χ3n) is 1.92. The molecule has 21 heavy (non-hydrogen) atoms. The first kappa shape index (κ1) is 17.7. The van der Waals surface area contributed by atoms with Crippen molar-refractivity contribution in [2.45, 2.75) is 46.3 Å². The first-order chi connectivity index (χ1) is 9.56. The van der Waals surface area contributed by atoms with Crippen LogP contribution in [-0.2, 0) is 13.6 Å². The highest BCUT2D eigenvalue weighted by Crippen LogP contribution is 2.54. The molecule has 1 heterocycles. The highest BCUT2D eigenvalue weighted by molar-refractivity contribution is 7.49. The Balaban J connectivity index is 3.16. The van der Waals surface area contributed by atoms with Crippen LogP contribution in [0.25, 0.3) is 0 Å². The molecule has 0 amide bonds. The van der Waals surface area contributed by atoms with Crippen LogP contribution < -0.4 is 14.8 Å². The van der Waals surface area contributed by atoms with Gasteiger partial charge in [-0.15, -0.1) is 0 Å². The van der Waals surface area contributed by atoms with Gasteiger partial charge in [-0.1, -0.05) is 0 Å². The molecule has 0 aliphatic heterocycles. The first-order valence-corrected chi connectivity index (χ1v) is 7.83. The molecule has 1 atom stereocenters. The van der Waals surface area contributed by atoms with Crippen molar-refractivity contribution in [3.05, 3.63) is 16.6 Å². The number of nitrogens with one attached hydrogen (secondary N) is 1. The molecule has 0 bridgehead atoms. The van der Waals surface area contributed by atoms with Gasteiger partial charge in [0.25, 0.3) is 0 Å². The lowest BCUT2D eigenvalue weighted by atomic mass is 10.2. The summed E-state index contributed by atoms with van der Waals surface area (Å²) in [5, 5.41) is 5.76. The van der Waals surface area contributed by atoms with Crippen molar-refractivity contribution in [1.82, 2.24) is 10.2 Å². The number of hydrogen-bond acceptors (Lipinski definition) is 7. The zero-order valence-corrected chi connectivity index (χ0v) is 13.9. The zero-order chi connectivity index (χ0) is 16.3. The number of hydrogen-bond donors (Lipinski definition) is 1. The molecular weight excluding hydrogens is 299 g/mol. The Morgan fingerprint density at radius 2 is 1.95 bits per heavy atom. The lowest BCUT2D eigenvalue weighted by molar-refractivity contribution is 0.0526. The molecule has 0 saturated carbocycles. The Hall–Kier alpha value is -1.37. The lowest BCUT2D eigenvalue weighted by Crippen LogP contribution is -2.22. The summed E-state index contributed by atoms with van der Waals surface area (Å²) in [6.45, 7) is 8.50. The Kier molecular flexibility index (Phi) is 5.55. The maximum absolute atomic E-state index is 12.7. The molecule has 0 aliphatic carbocycles. The number of rotatable bonds is 6. The second-order valence-electron chi connectivity index (χ2n) is 5.49. The van der Waals surface area contributed by atoms with Crippen molar-refractivity contribution in [2.75, 3.05) is 7.11 Å². The Morgan fingerprint density at radius 1 is 1.33 bits per heavy atom. The van der Waals surface area contributed by atoms with Crippen molar-refractivity contribution in [2.24, 2.45) is 0 Å². The number of nitrogens with zero attached hydrogens (tertiary/aromatic N) is 1. The van der Waals surface area contributed by atoms with Crippen LogP contribution in [0.5, 0.6) is 11.5 Å². The van der Waals surface area contributed by atoms with Gasteiger partial charge in [-0.3, -0.25) is 13.8 Å². The van der Waals surface area contributed by atoms with Crippen LogP contribution >= 0.6 is 7.82 Å². The molecule has 0 saturated heterocycles. The van der Waals surface area contributed by atoms with Gasteiger partial charge >= 0.3 is 13.4 Å². The number of methoxy groups -OCH3 is 1. The topological polar surface area (TPSA) is 99.7 Å². The second-order valence-corrected chi connectivity index (χ2v) is 6.96. The van der Waals surface area contributed by atoms with Crippen molar-refractivity contribution < 1.29 is 22.9 Å². The zero-order valence-electron chi connectivity index (χ0n) is 13.0. The second kappa shape index (κ2) is 6.60. The predicted molar refractivity (Wildman–Crippen MR) is 76.7 cm³/mol. The number of aromatic amines is 1. The average molecular weight is 320 g/mol. The Bertz CT molecular complexity index is 578. The maximum Gasteiger partial charge on any atom is 0.531 e. The largest absolute Gasteiger partial charge is 0.531 e. The van der Waals surface area contributed by atoms with E-state index in [1.54, 1.807) is 34.6 Å². The first-order valence-electron chi connectivity index (χ1n) is 6.37. The summed E-state index contributed by atoms with van der Waals surface area (Å²) in [6.07, 6.45) is 0.766. The molecule has 0 aliphatic rings. The monoisotopic (exact) mass is 320 g/mol. The summed E-state index contributed by atoms with van der Waals surface area (Å²) in [4.78, 5) is 11.6. The average Bonchev–Trinajstić information content (AvgIpc) is 2.24. The molecule has 0 fully saturated rings. The SMILES string of the molecule is COc1c(OP(=O)(OC(C)C)OC(C)(C)C)cn[nH]c1=O. The highest BCUT2D eigenvalue weighted by Gasteiger charge is 2.36. The summed E-state index contributed by atoms with van der Waals surface area (Å²) in [6, 6.07) is 0. The summed E-state index contributed by atoms with van der Waals surface area (Å²) >= 11 is 0. The van der Waals surface area contributed by atoms with E-state index in [1.807, 2.05) is 0 Å². The minimum absolute atomic E-state index is 0.116. The van der Waals surface area contributed by atoms with Gasteiger partial charge in [0.2, 0.25) is 5.75 Å². The minimum atomic E-state index is -3.95. The molecule has 0 aromatic carbocycles. The normalized spacial score (nSPS) is 14.8. The molecule has 8 nitrogen and oxygen atoms in total. The molecule has 1 rings (SSSR count). The molecule has 120 valence electrons. The number of phosphoric acid groups is 1. The van der Waals surface area contributed by atoms with Gasteiger partial charge in [0.15, 0.2) is 5.75 Å². The number of H-pyrrole nitrogens is 1.